The quantitative estimate of drug-likeness (QED) is 0.285. The van der Waals surface area contributed by atoms with Crippen LogP contribution in [0.1, 0.15) is 47.2 Å². The van der Waals surface area contributed by atoms with E-state index in [1.54, 1.807) is 18.3 Å². The van der Waals surface area contributed by atoms with E-state index in [9.17, 15) is 18.0 Å². The van der Waals surface area contributed by atoms with Gasteiger partial charge in [-0.1, -0.05) is 25.0 Å². The first-order valence-corrected chi connectivity index (χ1v) is 12.5. The maximum Gasteiger partial charge on any atom is 0.416 e. The summed E-state index contributed by atoms with van der Waals surface area (Å²) in [6.07, 6.45) is 1.32. The Labute approximate surface area is 218 Å². The Hall–Kier alpha value is -4.14. The topological polar surface area (TPSA) is 90.1 Å². The molecule has 1 aromatic heterocycles. The minimum atomic E-state index is -4.58. The molecule has 0 saturated heterocycles. The van der Waals surface area contributed by atoms with Crippen LogP contribution in [0.4, 0.5) is 24.8 Å². The van der Waals surface area contributed by atoms with E-state index in [0.29, 0.717) is 23.7 Å². The van der Waals surface area contributed by atoms with Gasteiger partial charge in [-0.25, -0.2) is 9.97 Å². The second-order valence-electron chi connectivity index (χ2n) is 9.66. The van der Waals surface area contributed by atoms with Gasteiger partial charge in [0.2, 0.25) is 5.95 Å². The largest absolute Gasteiger partial charge is 0.492 e. The lowest BCUT2D eigenvalue weighted by molar-refractivity contribution is -0.137. The van der Waals surface area contributed by atoms with E-state index in [2.05, 4.69) is 15.3 Å². The van der Waals surface area contributed by atoms with Crippen LogP contribution < -0.4 is 15.8 Å². The van der Waals surface area contributed by atoms with Gasteiger partial charge in [0, 0.05) is 17.3 Å². The van der Waals surface area contributed by atoms with Crippen molar-refractivity contribution in [1.82, 2.24) is 9.97 Å². The minimum Gasteiger partial charge on any atom is -0.492 e. The predicted octanol–water partition coefficient (Wildman–Crippen LogP) is 7.03. The molecule has 0 bridgehead atoms. The average Bonchev–Trinajstić information content (AvgIpc) is 3.41. The first kappa shape index (κ1) is 25.5. The molecule has 3 aromatic carbocycles. The van der Waals surface area contributed by atoms with Gasteiger partial charge in [-0.15, -0.1) is 0 Å². The summed E-state index contributed by atoms with van der Waals surface area (Å²) in [6.45, 7) is 2.31. The fourth-order valence-electron chi connectivity index (χ4n) is 4.82. The van der Waals surface area contributed by atoms with Crippen molar-refractivity contribution in [2.45, 2.75) is 38.8 Å². The van der Waals surface area contributed by atoms with E-state index < -0.39 is 17.6 Å². The summed E-state index contributed by atoms with van der Waals surface area (Å²) in [5.74, 6) is 0.00206. The molecule has 5 rings (SSSR count). The number of anilines is 2. The number of nitrogens with zero attached hydrogens (tertiary/aromatic N) is 2. The van der Waals surface area contributed by atoms with Gasteiger partial charge in [-0.05, 0) is 84.8 Å². The van der Waals surface area contributed by atoms with Crippen LogP contribution in [-0.4, -0.2) is 22.5 Å². The molecule has 0 unspecified atom stereocenters. The van der Waals surface area contributed by atoms with E-state index in [1.807, 2.05) is 31.2 Å². The van der Waals surface area contributed by atoms with Gasteiger partial charge in [-0.2, -0.15) is 13.2 Å². The monoisotopic (exact) mass is 520 g/mol. The summed E-state index contributed by atoms with van der Waals surface area (Å²) in [7, 11) is 0. The van der Waals surface area contributed by atoms with Crippen LogP contribution in [0.3, 0.4) is 0 Å². The Bertz CT molecular complexity index is 1500. The third kappa shape index (κ3) is 5.56. The maximum atomic E-state index is 13.5. The highest BCUT2D eigenvalue weighted by atomic mass is 19.4. The maximum absolute atomic E-state index is 13.5. The number of aromatic nitrogens is 2. The van der Waals surface area contributed by atoms with Crippen molar-refractivity contribution in [2.24, 2.45) is 5.92 Å². The number of aryl methyl sites for hydroxylation is 1. The number of fused-ring (bicyclic) bond motifs is 1. The molecule has 6 nitrogen and oxygen atoms in total. The number of nitrogens with two attached hydrogens (primary N) is 1. The van der Waals surface area contributed by atoms with Crippen LogP contribution >= 0.6 is 0 Å². The van der Waals surface area contributed by atoms with Crippen molar-refractivity contribution in [2.75, 3.05) is 17.7 Å². The first-order valence-electron chi connectivity index (χ1n) is 12.5. The lowest BCUT2D eigenvalue weighted by atomic mass is 9.98. The van der Waals surface area contributed by atoms with Crippen LogP contribution in [0.2, 0.25) is 0 Å². The number of rotatable bonds is 6. The molecule has 196 valence electrons. The number of amides is 1. The number of halogens is 3. The number of carbonyl (C=O) groups is 1. The van der Waals surface area contributed by atoms with Gasteiger partial charge in [0.1, 0.15) is 5.75 Å². The number of nitrogens with one attached hydrogen (secondary N) is 1. The SMILES string of the molecule is Cc1ccc(NC(=O)c2cc(C(F)(F)F)ccc2OCC2CCCC2)cc1-c1ccc2nc(N)ncc2c1. The molecule has 1 saturated carbocycles. The highest BCUT2D eigenvalue weighted by Gasteiger charge is 2.32. The molecule has 9 heteroatoms. The number of hydrogen-bond acceptors (Lipinski definition) is 5. The lowest BCUT2D eigenvalue weighted by Crippen LogP contribution is -2.17. The zero-order chi connectivity index (χ0) is 26.9. The third-order valence-electron chi connectivity index (χ3n) is 6.91. The second kappa shape index (κ2) is 10.3. The molecule has 38 heavy (non-hydrogen) atoms. The third-order valence-corrected chi connectivity index (χ3v) is 6.91. The van der Waals surface area contributed by atoms with Gasteiger partial charge < -0.3 is 15.8 Å². The number of carbonyl (C=O) groups excluding carboxylic acids is 1. The van der Waals surface area contributed by atoms with Gasteiger partial charge in [0.05, 0.1) is 23.3 Å². The Morgan fingerprint density at radius 3 is 2.63 bits per heavy atom. The molecule has 1 amide bonds. The number of benzene rings is 3. The second-order valence-corrected chi connectivity index (χ2v) is 9.66. The van der Waals surface area contributed by atoms with E-state index >= 15 is 0 Å². The molecule has 1 fully saturated rings. The Balaban J connectivity index is 1.43. The average molecular weight is 521 g/mol. The normalized spacial score (nSPS) is 14.1. The standard InChI is InChI=1S/C29H27F3N4O2/c1-17-6-9-22(14-23(17)19-7-10-25-20(12-19)15-34-28(33)36-25)35-27(37)24-13-21(29(30,31)32)8-11-26(24)38-16-18-4-2-3-5-18/h6-15,18H,2-5,16H2,1H3,(H,35,37)(H2,33,34,36). The predicted molar refractivity (Wildman–Crippen MR) is 141 cm³/mol. The zero-order valence-electron chi connectivity index (χ0n) is 20.8. The van der Waals surface area contributed by atoms with Crippen LogP contribution in [0.15, 0.2) is 60.8 Å². The van der Waals surface area contributed by atoms with Crippen molar-refractivity contribution in [3.63, 3.8) is 0 Å². The molecule has 1 heterocycles. The van der Waals surface area contributed by atoms with Crippen LogP contribution in [-0.2, 0) is 6.18 Å². The summed E-state index contributed by atoms with van der Waals surface area (Å²) in [5, 5.41) is 3.56. The lowest BCUT2D eigenvalue weighted by Gasteiger charge is -2.17. The Morgan fingerprint density at radius 1 is 1.08 bits per heavy atom. The van der Waals surface area contributed by atoms with Crippen LogP contribution in [0.25, 0.3) is 22.0 Å². The summed E-state index contributed by atoms with van der Waals surface area (Å²) in [6, 6.07) is 14.0. The molecular weight excluding hydrogens is 493 g/mol. The van der Waals surface area contributed by atoms with Crippen molar-refractivity contribution in [1.29, 1.82) is 0 Å². The van der Waals surface area contributed by atoms with Crippen molar-refractivity contribution < 1.29 is 22.7 Å². The summed E-state index contributed by atoms with van der Waals surface area (Å²) in [5.41, 5.74) is 8.45. The smallest absolute Gasteiger partial charge is 0.416 e. The molecule has 1 aliphatic carbocycles. The first-order chi connectivity index (χ1) is 18.2. The minimum absolute atomic E-state index is 0.142. The number of ether oxygens (including phenoxy) is 1. The number of alkyl halides is 3. The van der Waals surface area contributed by atoms with Crippen molar-refractivity contribution >= 4 is 28.4 Å². The number of hydrogen-bond donors (Lipinski definition) is 2. The molecule has 0 spiro atoms. The Kier molecular flexibility index (Phi) is 6.93. The zero-order valence-corrected chi connectivity index (χ0v) is 20.8. The number of nitrogen functional groups attached to an aromatic ring is 1. The molecule has 1 aliphatic rings. The van der Waals surface area contributed by atoms with Gasteiger partial charge in [-0.3, -0.25) is 4.79 Å². The fourth-order valence-corrected chi connectivity index (χ4v) is 4.82. The van der Waals surface area contributed by atoms with E-state index in [-0.39, 0.29) is 17.3 Å². The fraction of sp³-hybridized carbons (Fsp3) is 0.276. The molecular formula is C29H27F3N4O2. The van der Waals surface area contributed by atoms with E-state index in [4.69, 9.17) is 10.5 Å². The molecule has 3 N–H and O–H groups in total. The highest BCUT2D eigenvalue weighted by Crippen LogP contribution is 2.35. The van der Waals surface area contributed by atoms with Gasteiger partial charge >= 0.3 is 6.18 Å². The molecule has 0 aliphatic heterocycles. The van der Waals surface area contributed by atoms with Gasteiger partial charge in [0.15, 0.2) is 0 Å². The molecule has 0 radical (unpaired) electrons. The van der Waals surface area contributed by atoms with Crippen molar-refractivity contribution in [3.8, 4) is 16.9 Å². The molecule has 0 atom stereocenters. The van der Waals surface area contributed by atoms with Crippen LogP contribution in [0.5, 0.6) is 5.75 Å². The summed E-state index contributed by atoms with van der Waals surface area (Å²) >= 11 is 0. The Morgan fingerprint density at radius 2 is 1.87 bits per heavy atom. The summed E-state index contributed by atoms with van der Waals surface area (Å²) in [4.78, 5) is 21.5. The highest BCUT2D eigenvalue weighted by molar-refractivity contribution is 6.06. The van der Waals surface area contributed by atoms with Crippen LogP contribution in [0, 0.1) is 12.8 Å². The van der Waals surface area contributed by atoms with Gasteiger partial charge in [0.25, 0.3) is 5.91 Å². The summed E-state index contributed by atoms with van der Waals surface area (Å²) < 4.78 is 46.2. The van der Waals surface area contributed by atoms with Crippen molar-refractivity contribution in [3.05, 3.63) is 77.5 Å². The van der Waals surface area contributed by atoms with E-state index in [1.165, 1.54) is 6.07 Å². The van der Waals surface area contributed by atoms with E-state index in [0.717, 1.165) is 59.9 Å². The molecule has 4 aromatic rings.